The summed E-state index contributed by atoms with van der Waals surface area (Å²) in [7, 11) is 0. The van der Waals surface area contributed by atoms with Crippen LogP contribution in [-0.2, 0) is 0 Å². The Labute approximate surface area is 123 Å². The highest BCUT2D eigenvalue weighted by Crippen LogP contribution is 2.17. The molecule has 0 unspecified atom stereocenters. The van der Waals surface area contributed by atoms with Gasteiger partial charge in [0.05, 0.1) is 0 Å². The van der Waals surface area contributed by atoms with E-state index in [9.17, 15) is 4.79 Å². The summed E-state index contributed by atoms with van der Waals surface area (Å²) in [6.45, 7) is 8.71. The number of halogens is 1. The van der Waals surface area contributed by atoms with Crippen LogP contribution in [0, 0.1) is 13.8 Å². The molecule has 0 bridgehead atoms. The molecule has 1 fully saturated rings. The molecule has 1 aromatic carbocycles. The number of carbonyl (C=O) groups excluding carboxylic acids is 1. The third-order valence-corrected chi connectivity index (χ3v) is 4.11. The predicted octanol–water partition coefficient (Wildman–Crippen LogP) is 2.46. The number of rotatable bonds is 3. The van der Waals surface area contributed by atoms with E-state index >= 15 is 0 Å². The molecule has 104 valence electrons. The number of carbonyl (C=O) groups is 1. The lowest BCUT2D eigenvalue weighted by molar-refractivity contribution is 0.0643. The minimum atomic E-state index is 0.189. The van der Waals surface area contributed by atoms with E-state index in [0.717, 1.165) is 54.7 Å². The van der Waals surface area contributed by atoms with E-state index in [-0.39, 0.29) is 5.91 Å². The lowest BCUT2D eigenvalue weighted by Crippen LogP contribution is -2.49. The fourth-order valence-corrected chi connectivity index (χ4v) is 3.11. The maximum atomic E-state index is 12.6. The molecule has 0 spiro atoms. The predicted molar refractivity (Wildman–Crippen MR) is 82.1 cm³/mol. The molecular formula is C15H21BrN2O. The van der Waals surface area contributed by atoms with Gasteiger partial charge in [0.15, 0.2) is 0 Å². The molecular weight excluding hydrogens is 304 g/mol. The molecule has 0 aliphatic carbocycles. The van der Waals surface area contributed by atoms with Crippen LogP contribution in [0.5, 0.6) is 0 Å². The lowest BCUT2D eigenvalue weighted by Gasteiger charge is -2.35. The van der Waals surface area contributed by atoms with E-state index in [1.54, 1.807) is 0 Å². The summed E-state index contributed by atoms with van der Waals surface area (Å²) in [5, 5.41) is 0.998. The van der Waals surface area contributed by atoms with Crippen molar-refractivity contribution in [2.75, 3.05) is 38.1 Å². The van der Waals surface area contributed by atoms with Gasteiger partial charge >= 0.3 is 0 Å². The fraction of sp³-hybridized carbons (Fsp3) is 0.533. The Morgan fingerprint density at radius 2 is 1.74 bits per heavy atom. The smallest absolute Gasteiger partial charge is 0.254 e. The van der Waals surface area contributed by atoms with Crippen molar-refractivity contribution in [2.24, 2.45) is 0 Å². The Balaban J connectivity index is 2.05. The van der Waals surface area contributed by atoms with Crippen molar-refractivity contribution >= 4 is 21.8 Å². The van der Waals surface area contributed by atoms with Gasteiger partial charge in [-0.15, -0.1) is 0 Å². The van der Waals surface area contributed by atoms with Gasteiger partial charge in [-0.2, -0.15) is 0 Å². The topological polar surface area (TPSA) is 23.6 Å². The van der Waals surface area contributed by atoms with E-state index in [1.165, 1.54) is 0 Å². The number of hydrogen-bond acceptors (Lipinski definition) is 2. The van der Waals surface area contributed by atoms with Crippen LogP contribution in [0.4, 0.5) is 0 Å². The third-order valence-electron chi connectivity index (χ3n) is 3.76. The summed E-state index contributed by atoms with van der Waals surface area (Å²) in [5.41, 5.74) is 3.04. The van der Waals surface area contributed by atoms with Crippen molar-refractivity contribution in [2.45, 2.75) is 13.8 Å². The molecule has 0 radical (unpaired) electrons. The number of hydrogen-bond donors (Lipinski definition) is 0. The van der Waals surface area contributed by atoms with Crippen LogP contribution < -0.4 is 0 Å². The van der Waals surface area contributed by atoms with Crippen LogP contribution >= 0.6 is 15.9 Å². The van der Waals surface area contributed by atoms with Gasteiger partial charge in [-0.3, -0.25) is 9.69 Å². The van der Waals surface area contributed by atoms with Crippen molar-refractivity contribution in [3.8, 4) is 0 Å². The highest BCUT2D eigenvalue weighted by atomic mass is 79.9. The molecule has 1 saturated heterocycles. The SMILES string of the molecule is Cc1cccc(C)c1C(=O)N1CCN(CCBr)CC1. The van der Waals surface area contributed by atoms with E-state index in [4.69, 9.17) is 0 Å². The van der Waals surface area contributed by atoms with Crippen LogP contribution in [0.2, 0.25) is 0 Å². The number of nitrogens with zero attached hydrogens (tertiary/aromatic N) is 2. The molecule has 0 atom stereocenters. The zero-order valence-corrected chi connectivity index (χ0v) is 13.2. The second-order valence-corrected chi connectivity index (χ2v) is 5.88. The van der Waals surface area contributed by atoms with Gasteiger partial charge in [-0.1, -0.05) is 34.1 Å². The van der Waals surface area contributed by atoms with E-state index in [2.05, 4.69) is 20.8 Å². The standard InChI is InChI=1S/C15H21BrN2O/c1-12-4-3-5-13(2)14(12)15(19)18-10-8-17(7-6-16)9-11-18/h3-5H,6-11H2,1-2H3. The van der Waals surface area contributed by atoms with E-state index < -0.39 is 0 Å². The Kier molecular flexibility index (Phi) is 4.99. The molecule has 0 saturated carbocycles. The fourth-order valence-electron chi connectivity index (χ4n) is 2.60. The number of amides is 1. The molecule has 19 heavy (non-hydrogen) atoms. The summed E-state index contributed by atoms with van der Waals surface area (Å²) in [6.07, 6.45) is 0. The Bertz CT molecular complexity index is 433. The van der Waals surface area contributed by atoms with Gasteiger partial charge < -0.3 is 4.90 Å². The van der Waals surface area contributed by atoms with E-state index in [1.807, 2.05) is 36.9 Å². The maximum absolute atomic E-state index is 12.6. The minimum Gasteiger partial charge on any atom is -0.336 e. The Hall–Kier alpha value is -0.870. The average Bonchev–Trinajstić information content (AvgIpc) is 2.39. The number of piperazine rings is 1. The summed E-state index contributed by atoms with van der Waals surface area (Å²) in [5.74, 6) is 0.189. The van der Waals surface area contributed by atoms with E-state index in [0.29, 0.717) is 0 Å². The largest absolute Gasteiger partial charge is 0.336 e. The minimum absolute atomic E-state index is 0.189. The first-order valence-corrected chi connectivity index (χ1v) is 7.89. The normalized spacial score (nSPS) is 16.7. The first-order valence-electron chi connectivity index (χ1n) is 6.77. The quantitative estimate of drug-likeness (QED) is 0.797. The van der Waals surface area contributed by atoms with Crippen molar-refractivity contribution in [3.63, 3.8) is 0 Å². The Morgan fingerprint density at radius 1 is 1.16 bits per heavy atom. The van der Waals surface area contributed by atoms with Crippen LogP contribution in [0.3, 0.4) is 0 Å². The highest BCUT2D eigenvalue weighted by Gasteiger charge is 2.23. The van der Waals surface area contributed by atoms with Gasteiger partial charge in [0, 0.05) is 43.6 Å². The molecule has 3 nitrogen and oxygen atoms in total. The van der Waals surface area contributed by atoms with Crippen LogP contribution in [0.1, 0.15) is 21.5 Å². The highest BCUT2D eigenvalue weighted by molar-refractivity contribution is 9.09. The molecule has 0 N–H and O–H groups in total. The molecule has 1 heterocycles. The first-order chi connectivity index (χ1) is 9.13. The van der Waals surface area contributed by atoms with Gasteiger partial charge in [-0.25, -0.2) is 0 Å². The number of alkyl halides is 1. The van der Waals surface area contributed by atoms with Gasteiger partial charge in [0.1, 0.15) is 0 Å². The number of benzene rings is 1. The molecule has 1 aliphatic rings. The average molecular weight is 325 g/mol. The molecule has 4 heteroatoms. The van der Waals surface area contributed by atoms with Crippen molar-refractivity contribution in [1.29, 1.82) is 0 Å². The summed E-state index contributed by atoms with van der Waals surface area (Å²) in [4.78, 5) is 17.0. The second-order valence-electron chi connectivity index (χ2n) is 5.09. The zero-order valence-electron chi connectivity index (χ0n) is 11.7. The van der Waals surface area contributed by atoms with Gasteiger partial charge in [0.25, 0.3) is 5.91 Å². The molecule has 1 aliphatic heterocycles. The van der Waals surface area contributed by atoms with Crippen molar-refractivity contribution in [1.82, 2.24) is 9.80 Å². The summed E-state index contributed by atoms with van der Waals surface area (Å²) < 4.78 is 0. The van der Waals surface area contributed by atoms with Gasteiger partial charge in [0.2, 0.25) is 0 Å². The zero-order chi connectivity index (χ0) is 13.8. The van der Waals surface area contributed by atoms with Crippen LogP contribution in [-0.4, -0.2) is 53.8 Å². The lowest BCUT2D eigenvalue weighted by atomic mass is 10.0. The van der Waals surface area contributed by atoms with Crippen molar-refractivity contribution in [3.05, 3.63) is 34.9 Å². The number of aryl methyl sites for hydroxylation is 2. The summed E-state index contributed by atoms with van der Waals surface area (Å²) in [6, 6.07) is 6.04. The van der Waals surface area contributed by atoms with Crippen molar-refractivity contribution < 1.29 is 4.79 Å². The van der Waals surface area contributed by atoms with Gasteiger partial charge in [-0.05, 0) is 25.0 Å². The van der Waals surface area contributed by atoms with Crippen LogP contribution in [0.25, 0.3) is 0 Å². The summed E-state index contributed by atoms with van der Waals surface area (Å²) >= 11 is 3.46. The monoisotopic (exact) mass is 324 g/mol. The molecule has 2 rings (SSSR count). The Morgan fingerprint density at radius 3 is 2.26 bits per heavy atom. The molecule has 1 aromatic rings. The maximum Gasteiger partial charge on any atom is 0.254 e. The molecule has 0 aromatic heterocycles. The second kappa shape index (κ2) is 6.53. The van der Waals surface area contributed by atoms with Crippen LogP contribution in [0.15, 0.2) is 18.2 Å². The third kappa shape index (κ3) is 3.37. The first kappa shape index (κ1) is 14.5. The molecule has 1 amide bonds.